The lowest BCUT2D eigenvalue weighted by Gasteiger charge is -2.43. The van der Waals surface area contributed by atoms with Gasteiger partial charge in [-0.25, -0.2) is 13.9 Å². The minimum absolute atomic E-state index is 0.614. The largest absolute Gasteiger partial charge is 0.484 e. The monoisotopic (exact) mass is 632 g/mol. The Bertz CT molecular complexity index is 1360. The van der Waals surface area contributed by atoms with Crippen molar-refractivity contribution < 1.29 is 67.0 Å². The van der Waals surface area contributed by atoms with Crippen LogP contribution in [0.5, 0.6) is 0 Å². The first-order chi connectivity index (χ1) is 19.0. The van der Waals surface area contributed by atoms with E-state index in [9.17, 15) is 53.7 Å². The topological polar surface area (TPSA) is 334 Å². The van der Waals surface area contributed by atoms with Crippen molar-refractivity contribution in [3.05, 3.63) is 43.5 Å². The highest BCUT2D eigenvalue weighted by Gasteiger charge is 2.52. The highest BCUT2D eigenvalue weighted by atomic mass is 31.3. The van der Waals surface area contributed by atoms with Gasteiger partial charge in [-0.15, -0.1) is 0 Å². The predicted octanol–water partition coefficient (Wildman–Crippen LogP) is -3.33. The van der Waals surface area contributed by atoms with Crippen molar-refractivity contribution in [2.24, 2.45) is 5.11 Å². The standard InChI is InChI=1S/C17H26N6O16P2/c1-6(24)20-10-14(12(27)7(4-19-22-18)37-16(10)29)38-41(34,39-40(31,32)33)35-5-8-11(26)13(28)15(36-8)23-3-2-9(25)21-17(23)30/h2-3,7-8,10-16,26-29H,4-5H2,1H3,(H,20,24)(H,21,25,30)(H2,31,32,33)/t7-,8-,10-,11-,12-,13-,14-,15-,16+,41?/m1/s1. The average Bonchev–Trinajstić information content (AvgIpc) is 3.13. The summed E-state index contributed by atoms with van der Waals surface area (Å²) in [7, 11) is -11.3. The van der Waals surface area contributed by atoms with Gasteiger partial charge in [-0.1, -0.05) is 5.11 Å². The van der Waals surface area contributed by atoms with Crippen LogP contribution in [0.1, 0.15) is 13.2 Å². The number of aromatic nitrogens is 2. The van der Waals surface area contributed by atoms with Crippen LogP contribution in [-0.4, -0.2) is 108 Å². The molecule has 2 aliphatic rings. The summed E-state index contributed by atoms with van der Waals surface area (Å²) >= 11 is 0. The van der Waals surface area contributed by atoms with E-state index in [4.69, 9.17) is 24.1 Å². The van der Waals surface area contributed by atoms with Gasteiger partial charge in [-0.2, -0.15) is 4.31 Å². The summed E-state index contributed by atoms with van der Waals surface area (Å²) in [5.41, 5.74) is 6.75. The van der Waals surface area contributed by atoms with Gasteiger partial charge in [0.25, 0.3) is 5.56 Å². The maximum absolute atomic E-state index is 13.4. The zero-order valence-electron chi connectivity index (χ0n) is 20.7. The molecule has 0 saturated carbocycles. The van der Waals surface area contributed by atoms with Crippen molar-refractivity contribution in [3.8, 4) is 0 Å². The maximum atomic E-state index is 13.4. The number of azide groups is 1. The molecule has 8 N–H and O–H groups in total. The third-order valence-corrected chi connectivity index (χ3v) is 8.32. The molecule has 0 spiro atoms. The number of ether oxygens (including phenoxy) is 2. The lowest BCUT2D eigenvalue weighted by atomic mass is 9.97. The van der Waals surface area contributed by atoms with Gasteiger partial charge >= 0.3 is 21.3 Å². The van der Waals surface area contributed by atoms with Crippen LogP contribution in [0.3, 0.4) is 0 Å². The lowest BCUT2D eigenvalue weighted by molar-refractivity contribution is -0.241. The molecule has 2 aliphatic heterocycles. The summed E-state index contributed by atoms with van der Waals surface area (Å²) in [6, 6.07) is -0.827. The second-order valence-electron chi connectivity index (χ2n) is 8.64. The Morgan fingerprint density at radius 3 is 2.44 bits per heavy atom. The van der Waals surface area contributed by atoms with E-state index in [-0.39, 0.29) is 0 Å². The number of carbonyl (C=O) groups excluding carboxylic acids is 1. The zero-order chi connectivity index (χ0) is 30.7. The van der Waals surface area contributed by atoms with Gasteiger partial charge in [0.2, 0.25) is 5.91 Å². The molecule has 0 radical (unpaired) electrons. The smallest absolute Gasteiger partial charge is 0.388 e. The molecule has 22 nitrogen and oxygen atoms in total. The SMILES string of the molecule is CC(=O)N[C@@H]1[C@@H](OP(=O)(OC[C@H]2O[C@@H](n3ccc(=O)[nH]c3=O)[C@H](O)[C@@H]2O)OP(=O)(O)O)[C@H](O)[C@@H](CN=[N+]=[N-])O[C@@H]1O. The van der Waals surface area contributed by atoms with Gasteiger partial charge in [-0.3, -0.25) is 28.2 Å². The van der Waals surface area contributed by atoms with Crippen molar-refractivity contribution in [1.29, 1.82) is 0 Å². The Morgan fingerprint density at radius 1 is 1.17 bits per heavy atom. The Morgan fingerprint density at radius 2 is 1.85 bits per heavy atom. The first-order valence-electron chi connectivity index (χ1n) is 11.4. The van der Waals surface area contributed by atoms with Crippen molar-refractivity contribution in [2.75, 3.05) is 13.2 Å². The van der Waals surface area contributed by atoms with Crippen LogP contribution >= 0.6 is 15.6 Å². The molecular formula is C17H26N6O16P2. The number of amides is 1. The second kappa shape index (κ2) is 13.2. The van der Waals surface area contributed by atoms with Crippen LogP contribution in [0.25, 0.3) is 10.4 Å². The van der Waals surface area contributed by atoms with E-state index in [0.29, 0.717) is 4.57 Å². The van der Waals surface area contributed by atoms with E-state index in [2.05, 4.69) is 19.7 Å². The molecule has 1 unspecified atom stereocenters. The van der Waals surface area contributed by atoms with Crippen LogP contribution < -0.4 is 16.6 Å². The summed E-state index contributed by atoms with van der Waals surface area (Å²) in [5, 5.41) is 47.1. The summed E-state index contributed by atoms with van der Waals surface area (Å²) in [6.45, 7) is -0.713. The number of H-pyrrole nitrogens is 1. The molecule has 0 aliphatic carbocycles. The number of phosphoric ester groups is 1. The molecular weight excluding hydrogens is 606 g/mol. The van der Waals surface area contributed by atoms with E-state index < -0.39 is 101 Å². The Hall–Kier alpha value is -2.52. The van der Waals surface area contributed by atoms with E-state index >= 15 is 0 Å². The number of aliphatic hydroxyl groups excluding tert-OH is 4. The number of rotatable bonds is 11. The van der Waals surface area contributed by atoms with Crippen molar-refractivity contribution in [2.45, 2.75) is 62.1 Å². The highest BCUT2D eigenvalue weighted by Crippen LogP contribution is 2.62. The molecule has 1 aromatic rings. The molecule has 0 aromatic carbocycles. The Balaban J connectivity index is 1.87. The summed E-state index contributed by atoms with van der Waals surface area (Å²) in [5.74, 6) is -0.821. The van der Waals surface area contributed by atoms with Crippen LogP contribution in [0.2, 0.25) is 0 Å². The van der Waals surface area contributed by atoms with E-state index in [1.807, 2.05) is 4.98 Å². The summed E-state index contributed by atoms with van der Waals surface area (Å²) < 4.78 is 50.4. The molecule has 1 amide bonds. The van der Waals surface area contributed by atoms with Gasteiger partial charge in [-0.05, 0) is 5.53 Å². The number of aromatic amines is 1. The van der Waals surface area contributed by atoms with Gasteiger partial charge in [0.05, 0.1) is 19.3 Å². The van der Waals surface area contributed by atoms with Gasteiger partial charge in [0.1, 0.15) is 36.6 Å². The Labute approximate surface area is 227 Å². The predicted molar refractivity (Wildman–Crippen MR) is 127 cm³/mol. The molecule has 2 fully saturated rings. The first-order valence-corrected chi connectivity index (χ1v) is 14.4. The third kappa shape index (κ3) is 8.28. The number of hydrogen-bond acceptors (Lipinski definition) is 15. The molecule has 10 atom stereocenters. The minimum atomic E-state index is -5.70. The van der Waals surface area contributed by atoms with Gasteiger partial charge in [0.15, 0.2) is 12.5 Å². The first kappa shape index (κ1) is 33.0. The number of nitrogens with one attached hydrogen (secondary N) is 2. The fraction of sp³-hybridized carbons (Fsp3) is 0.706. The van der Waals surface area contributed by atoms with Crippen molar-refractivity contribution in [3.63, 3.8) is 0 Å². The molecule has 1 aromatic heterocycles. The van der Waals surface area contributed by atoms with Crippen LogP contribution in [0, 0.1) is 0 Å². The average molecular weight is 632 g/mol. The number of nitrogens with zero attached hydrogens (tertiary/aromatic N) is 4. The number of aliphatic hydroxyl groups is 4. The fourth-order valence-electron chi connectivity index (χ4n) is 3.96. The number of hydrogen-bond donors (Lipinski definition) is 8. The molecule has 3 rings (SSSR count). The number of carbonyl (C=O) groups is 1. The maximum Gasteiger partial charge on any atom is 0.484 e. The van der Waals surface area contributed by atoms with Crippen LogP contribution in [0.15, 0.2) is 27.0 Å². The fourth-order valence-corrected chi connectivity index (χ4v) is 6.29. The van der Waals surface area contributed by atoms with E-state index in [1.165, 1.54) is 0 Å². The summed E-state index contributed by atoms with van der Waals surface area (Å²) in [6.07, 6.45) is -13.6. The third-order valence-electron chi connectivity index (χ3n) is 5.70. The zero-order valence-corrected chi connectivity index (χ0v) is 22.5. The minimum Gasteiger partial charge on any atom is -0.388 e. The number of phosphoric acid groups is 2. The molecule has 3 heterocycles. The van der Waals surface area contributed by atoms with Crippen molar-refractivity contribution in [1.82, 2.24) is 14.9 Å². The highest BCUT2D eigenvalue weighted by molar-refractivity contribution is 7.61. The van der Waals surface area contributed by atoms with Crippen LogP contribution in [0.4, 0.5) is 0 Å². The summed E-state index contributed by atoms with van der Waals surface area (Å²) in [4.78, 5) is 58.0. The second-order valence-corrected chi connectivity index (χ2v) is 11.6. The normalized spacial score (nSPS) is 33.5. The Kier molecular flexibility index (Phi) is 10.6. The molecule has 230 valence electrons. The van der Waals surface area contributed by atoms with Gasteiger partial charge < -0.3 is 45.0 Å². The van der Waals surface area contributed by atoms with Gasteiger partial charge in [0, 0.05) is 24.1 Å². The lowest BCUT2D eigenvalue weighted by Crippen LogP contribution is -2.64. The molecule has 24 heteroatoms. The molecule has 2 saturated heterocycles. The quantitative estimate of drug-likeness (QED) is 0.0511. The molecule has 0 bridgehead atoms. The van der Waals surface area contributed by atoms with E-state index in [1.54, 1.807) is 0 Å². The molecule has 41 heavy (non-hydrogen) atoms. The van der Waals surface area contributed by atoms with Crippen molar-refractivity contribution >= 4 is 21.6 Å². The van der Waals surface area contributed by atoms with E-state index in [0.717, 1.165) is 19.2 Å². The van der Waals surface area contributed by atoms with Crippen LogP contribution in [-0.2, 0) is 36.8 Å².